The van der Waals surface area contributed by atoms with Crippen molar-refractivity contribution in [3.05, 3.63) is 54.2 Å². The lowest BCUT2D eigenvalue weighted by molar-refractivity contribution is -0.125. The predicted octanol–water partition coefficient (Wildman–Crippen LogP) is 2.36. The molecule has 3 rings (SSSR count). The number of oxazole rings is 1. The van der Waals surface area contributed by atoms with Gasteiger partial charge in [0.05, 0.1) is 12.2 Å². The first-order valence-corrected chi connectivity index (χ1v) is 7.81. The van der Waals surface area contributed by atoms with E-state index in [-0.39, 0.29) is 5.91 Å². The van der Waals surface area contributed by atoms with Crippen LogP contribution in [0.3, 0.4) is 0 Å². The van der Waals surface area contributed by atoms with Crippen molar-refractivity contribution in [2.75, 3.05) is 26.0 Å². The number of nitrogens with zero attached hydrogens (tertiary/aromatic N) is 5. The summed E-state index contributed by atoms with van der Waals surface area (Å²) in [5.41, 5.74) is 2.23. The summed E-state index contributed by atoms with van der Waals surface area (Å²) >= 11 is 0. The fraction of sp³-hybridized carbons (Fsp3) is 0.222. The standard InChI is InChI=1S/C18H19N5O2/c1-22(2)18-19-11-10-13(20-18)12-23(3)17(24)9-8-16-21-14-6-4-5-7-15(14)25-16/h4-11H,12H2,1-3H3/b9-8+. The number of carbonyl (C=O) groups is 1. The van der Waals surface area contributed by atoms with Gasteiger partial charge < -0.3 is 14.2 Å². The van der Waals surface area contributed by atoms with Crippen molar-refractivity contribution >= 4 is 29.0 Å². The lowest BCUT2D eigenvalue weighted by Gasteiger charge is -2.16. The lowest BCUT2D eigenvalue weighted by atomic mass is 10.3. The second-order valence-electron chi connectivity index (χ2n) is 5.79. The van der Waals surface area contributed by atoms with Crippen LogP contribution in [0.4, 0.5) is 5.95 Å². The normalized spacial score (nSPS) is 11.2. The number of rotatable bonds is 5. The summed E-state index contributed by atoms with van der Waals surface area (Å²) in [4.78, 5) is 28.5. The van der Waals surface area contributed by atoms with Crippen LogP contribution in [0.2, 0.25) is 0 Å². The molecule has 0 bridgehead atoms. The van der Waals surface area contributed by atoms with Crippen molar-refractivity contribution in [2.45, 2.75) is 6.54 Å². The fourth-order valence-corrected chi connectivity index (χ4v) is 2.24. The molecule has 0 saturated carbocycles. The van der Waals surface area contributed by atoms with E-state index in [4.69, 9.17) is 4.42 Å². The van der Waals surface area contributed by atoms with E-state index in [9.17, 15) is 4.79 Å². The molecule has 0 unspecified atom stereocenters. The van der Waals surface area contributed by atoms with Crippen molar-refractivity contribution < 1.29 is 9.21 Å². The number of benzene rings is 1. The number of para-hydroxylation sites is 2. The third kappa shape index (κ3) is 4.00. The summed E-state index contributed by atoms with van der Waals surface area (Å²) in [6.07, 6.45) is 4.70. The summed E-state index contributed by atoms with van der Waals surface area (Å²) in [6.45, 7) is 0.389. The Labute approximate surface area is 145 Å². The molecule has 0 aliphatic carbocycles. The van der Waals surface area contributed by atoms with Crippen molar-refractivity contribution in [1.82, 2.24) is 19.9 Å². The molecule has 0 spiro atoms. The van der Waals surface area contributed by atoms with Gasteiger partial charge in [-0.05, 0) is 18.2 Å². The quantitative estimate of drug-likeness (QED) is 0.665. The molecule has 0 saturated heterocycles. The van der Waals surface area contributed by atoms with Gasteiger partial charge in [-0.3, -0.25) is 4.79 Å². The largest absolute Gasteiger partial charge is 0.437 e. The summed E-state index contributed by atoms with van der Waals surface area (Å²) in [5.74, 6) is 0.854. The molecule has 3 aromatic rings. The molecular weight excluding hydrogens is 318 g/mol. The molecule has 2 aromatic heterocycles. The Kier molecular flexibility index (Phi) is 4.74. The summed E-state index contributed by atoms with van der Waals surface area (Å²) in [5, 5.41) is 0. The second-order valence-corrected chi connectivity index (χ2v) is 5.79. The highest BCUT2D eigenvalue weighted by molar-refractivity contribution is 5.91. The second kappa shape index (κ2) is 7.12. The fourth-order valence-electron chi connectivity index (χ4n) is 2.24. The van der Waals surface area contributed by atoms with Crippen LogP contribution in [0.5, 0.6) is 0 Å². The monoisotopic (exact) mass is 337 g/mol. The molecule has 0 aliphatic heterocycles. The van der Waals surface area contributed by atoms with Gasteiger partial charge in [-0.25, -0.2) is 15.0 Å². The summed E-state index contributed by atoms with van der Waals surface area (Å²) < 4.78 is 5.56. The van der Waals surface area contributed by atoms with Crippen LogP contribution < -0.4 is 4.90 Å². The lowest BCUT2D eigenvalue weighted by Crippen LogP contribution is -2.25. The molecule has 2 heterocycles. The average Bonchev–Trinajstić information content (AvgIpc) is 3.02. The maximum Gasteiger partial charge on any atom is 0.246 e. The number of hydrogen-bond donors (Lipinski definition) is 0. The maximum atomic E-state index is 12.3. The van der Waals surface area contributed by atoms with Gasteiger partial charge in [0.15, 0.2) is 5.58 Å². The van der Waals surface area contributed by atoms with E-state index >= 15 is 0 Å². The van der Waals surface area contributed by atoms with E-state index in [0.29, 0.717) is 24.0 Å². The molecule has 128 valence electrons. The van der Waals surface area contributed by atoms with Gasteiger partial charge in [0.1, 0.15) is 5.52 Å². The first-order chi connectivity index (χ1) is 12.0. The van der Waals surface area contributed by atoms with Crippen LogP contribution in [0.15, 0.2) is 47.0 Å². The highest BCUT2D eigenvalue weighted by Crippen LogP contribution is 2.15. The Morgan fingerprint density at radius 2 is 1.96 bits per heavy atom. The van der Waals surface area contributed by atoms with Crippen LogP contribution in [0.25, 0.3) is 17.2 Å². The summed E-state index contributed by atoms with van der Waals surface area (Å²) in [6, 6.07) is 9.26. The zero-order chi connectivity index (χ0) is 17.8. The Morgan fingerprint density at radius 3 is 2.72 bits per heavy atom. The SMILES string of the molecule is CN(Cc1ccnc(N(C)C)n1)C(=O)/C=C/c1nc2ccccc2o1. The Morgan fingerprint density at radius 1 is 1.16 bits per heavy atom. The number of hydrogen-bond acceptors (Lipinski definition) is 6. The zero-order valence-electron chi connectivity index (χ0n) is 14.4. The number of fused-ring (bicyclic) bond motifs is 1. The molecule has 25 heavy (non-hydrogen) atoms. The molecule has 0 fully saturated rings. The van der Waals surface area contributed by atoms with Gasteiger partial charge in [-0.15, -0.1) is 0 Å². The predicted molar refractivity (Wildman–Crippen MR) is 95.9 cm³/mol. The van der Waals surface area contributed by atoms with E-state index in [2.05, 4.69) is 15.0 Å². The minimum absolute atomic E-state index is 0.160. The van der Waals surface area contributed by atoms with Crippen LogP contribution in [0, 0.1) is 0 Å². The van der Waals surface area contributed by atoms with E-state index in [1.807, 2.05) is 43.3 Å². The summed E-state index contributed by atoms with van der Waals surface area (Å²) in [7, 11) is 5.46. The Hall–Kier alpha value is -3.22. The highest BCUT2D eigenvalue weighted by atomic mass is 16.3. The maximum absolute atomic E-state index is 12.3. The molecule has 1 aromatic carbocycles. The van der Waals surface area contributed by atoms with Crippen molar-refractivity contribution in [1.29, 1.82) is 0 Å². The smallest absolute Gasteiger partial charge is 0.246 e. The van der Waals surface area contributed by atoms with Crippen LogP contribution in [-0.2, 0) is 11.3 Å². The van der Waals surface area contributed by atoms with Crippen molar-refractivity contribution in [3.63, 3.8) is 0 Å². The van der Waals surface area contributed by atoms with E-state index in [1.54, 1.807) is 30.3 Å². The zero-order valence-corrected chi connectivity index (χ0v) is 14.4. The molecule has 0 atom stereocenters. The first kappa shape index (κ1) is 16.6. The highest BCUT2D eigenvalue weighted by Gasteiger charge is 2.09. The van der Waals surface area contributed by atoms with E-state index < -0.39 is 0 Å². The molecule has 0 N–H and O–H groups in total. The minimum atomic E-state index is -0.160. The number of amides is 1. The van der Waals surface area contributed by atoms with Gasteiger partial charge in [0.25, 0.3) is 0 Å². The Balaban J connectivity index is 1.66. The Bertz CT molecular complexity index is 883. The minimum Gasteiger partial charge on any atom is -0.437 e. The third-order valence-electron chi connectivity index (χ3n) is 3.55. The number of anilines is 1. The molecule has 0 radical (unpaired) electrons. The van der Waals surface area contributed by atoms with Gasteiger partial charge in [-0.2, -0.15) is 0 Å². The van der Waals surface area contributed by atoms with Crippen molar-refractivity contribution in [3.8, 4) is 0 Å². The molecule has 7 nitrogen and oxygen atoms in total. The van der Waals surface area contributed by atoms with Crippen LogP contribution in [-0.4, -0.2) is 46.9 Å². The third-order valence-corrected chi connectivity index (χ3v) is 3.55. The van der Waals surface area contributed by atoms with Gasteiger partial charge >= 0.3 is 0 Å². The van der Waals surface area contributed by atoms with Gasteiger partial charge in [-0.1, -0.05) is 12.1 Å². The average molecular weight is 337 g/mol. The van der Waals surface area contributed by atoms with E-state index in [0.717, 1.165) is 11.2 Å². The van der Waals surface area contributed by atoms with E-state index in [1.165, 1.54) is 6.08 Å². The van der Waals surface area contributed by atoms with Crippen LogP contribution >= 0.6 is 0 Å². The topological polar surface area (TPSA) is 75.4 Å². The first-order valence-electron chi connectivity index (χ1n) is 7.81. The molecular formula is C18H19N5O2. The number of aromatic nitrogens is 3. The molecule has 0 aliphatic rings. The van der Waals surface area contributed by atoms with Crippen LogP contribution in [0.1, 0.15) is 11.6 Å². The van der Waals surface area contributed by atoms with Gasteiger partial charge in [0, 0.05) is 39.5 Å². The molecule has 7 heteroatoms. The van der Waals surface area contributed by atoms with Crippen molar-refractivity contribution in [2.24, 2.45) is 0 Å². The number of carbonyl (C=O) groups excluding carboxylic acids is 1. The van der Waals surface area contributed by atoms with Gasteiger partial charge in [0.2, 0.25) is 17.7 Å². The number of likely N-dealkylation sites (N-methyl/N-ethyl adjacent to an activating group) is 1. The molecule has 1 amide bonds.